The summed E-state index contributed by atoms with van der Waals surface area (Å²) in [5.74, 6) is 0.178. The molecule has 0 aliphatic heterocycles. The third-order valence-corrected chi connectivity index (χ3v) is 4.79. The fourth-order valence-electron chi connectivity index (χ4n) is 1.84. The average molecular weight is 290 g/mol. The molecule has 1 rings (SSSR count). The molecule has 1 heterocycles. The number of likely N-dealkylation sites (N-methyl/N-ethyl adjacent to an activating group) is 1. The van der Waals surface area contributed by atoms with Crippen LogP contribution in [0.3, 0.4) is 0 Å². The molecule has 0 aliphatic rings. The van der Waals surface area contributed by atoms with Crippen molar-refractivity contribution in [2.75, 3.05) is 32.6 Å². The first kappa shape index (κ1) is 15.6. The molecule has 1 aromatic rings. The molecule has 18 heavy (non-hydrogen) atoms. The van der Waals surface area contributed by atoms with Crippen LogP contribution in [-0.2, 0) is 9.84 Å². The van der Waals surface area contributed by atoms with Crippen LogP contribution >= 0.6 is 11.3 Å². The Morgan fingerprint density at radius 1 is 1.44 bits per heavy atom. The van der Waals surface area contributed by atoms with E-state index in [2.05, 4.69) is 21.7 Å². The van der Waals surface area contributed by atoms with Gasteiger partial charge in [0.2, 0.25) is 0 Å². The first-order valence-corrected chi connectivity index (χ1v) is 8.84. The zero-order valence-electron chi connectivity index (χ0n) is 11.4. The Labute approximate surface area is 114 Å². The molecule has 0 saturated heterocycles. The Morgan fingerprint density at radius 2 is 2.11 bits per heavy atom. The second-order valence-electron chi connectivity index (χ2n) is 4.90. The highest BCUT2D eigenvalue weighted by atomic mass is 32.2. The first-order valence-electron chi connectivity index (χ1n) is 5.90. The lowest BCUT2D eigenvalue weighted by molar-refractivity contribution is 0.287. The van der Waals surface area contributed by atoms with Crippen LogP contribution in [0.2, 0.25) is 0 Å². The molecule has 0 fully saturated rings. The van der Waals surface area contributed by atoms with E-state index in [1.165, 1.54) is 11.1 Å². The highest BCUT2D eigenvalue weighted by molar-refractivity contribution is 7.90. The Kier molecular flexibility index (Phi) is 5.78. The number of hydrogen-bond acceptors (Lipinski definition) is 5. The van der Waals surface area contributed by atoms with E-state index in [1.54, 1.807) is 11.3 Å². The van der Waals surface area contributed by atoms with Crippen molar-refractivity contribution in [3.8, 4) is 0 Å². The van der Waals surface area contributed by atoms with Crippen LogP contribution in [0, 0.1) is 0 Å². The largest absolute Gasteiger partial charge is 0.311 e. The molecular formula is C12H22N2O2S2. The van der Waals surface area contributed by atoms with Crippen molar-refractivity contribution in [3.63, 3.8) is 0 Å². The summed E-state index contributed by atoms with van der Waals surface area (Å²) in [5.41, 5.74) is 0. The predicted octanol–water partition coefficient (Wildman–Crippen LogP) is 1.37. The van der Waals surface area contributed by atoms with Crippen molar-refractivity contribution in [1.29, 1.82) is 0 Å². The molecular weight excluding hydrogens is 268 g/mol. The standard InChI is InChI=1S/C12H22N2O2S2/c1-10(9-18(4,15)16)13-8-11(14(2)3)12-6-5-7-17-12/h5-7,10-11,13H,8-9H2,1-4H3. The second-order valence-corrected chi connectivity index (χ2v) is 8.06. The van der Waals surface area contributed by atoms with Crippen molar-refractivity contribution in [1.82, 2.24) is 10.2 Å². The van der Waals surface area contributed by atoms with Gasteiger partial charge in [-0.25, -0.2) is 8.42 Å². The summed E-state index contributed by atoms with van der Waals surface area (Å²) in [4.78, 5) is 3.44. The first-order chi connectivity index (χ1) is 8.29. The van der Waals surface area contributed by atoms with E-state index in [-0.39, 0.29) is 17.8 Å². The molecule has 1 N–H and O–H groups in total. The van der Waals surface area contributed by atoms with Gasteiger partial charge in [-0.05, 0) is 32.5 Å². The Morgan fingerprint density at radius 3 is 2.56 bits per heavy atom. The zero-order chi connectivity index (χ0) is 13.8. The number of sulfone groups is 1. The maximum Gasteiger partial charge on any atom is 0.148 e. The predicted molar refractivity (Wildman–Crippen MR) is 77.9 cm³/mol. The molecule has 0 radical (unpaired) electrons. The summed E-state index contributed by atoms with van der Waals surface area (Å²) < 4.78 is 22.4. The average Bonchev–Trinajstić information content (AvgIpc) is 2.67. The molecule has 2 unspecified atom stereocenters. The Bertz CT molecular complexity index is 441. The van der Waals surface area contributed by atoms with Crippen LogP contribution in [0.5, 0.6) is 0 Å². The fraction of sp³-hybridized carbons (Fsp3) is 0.667. The maximum atomic E-state index is 11.2. The van der Waals surface area contributed by atoms with Crippen LogP contribution in [0.4, 0.5) is 0 Å². The molecule has 0 spiro atoms. The van der Waals surface area contributed by atoms with Crippen LogP contribution in [-0.4, -0.2) is 52.0 Å². The van der Waals surface area contributed by atoms with E-state index in [0.29, 0.717) is 0 Å². The number of nitrogens with one attached hydrogen (secondary N) is 1. The van der Waals surface area contributed by atoms with Gasteiger partial charge in [0, 0.05) is 23.7 Å². The van der Waals surface area contributed by atoms with E-state index in [4.69, 9.17) is 0 Å². The van der Waals surface area contributed by atoms with Crippen LogP contribution in [0.15, 0.2) is 17.5 Å². The molecule has 1 aromatic heterocycles. The summed E-state index contributed by atoms with van der Waals surface area (Å²) in [7, 11) is 1.15. The topological polar surface area (TPSA) is 49.4 Å². The lowest BCUT2D eigenvalue weighted by atomic mass is 10.2. The number of thiophene rings is 1. The third-order valence-electron chi connectivity index (χ3n) is 2.71. The number of nitrogens with zero attached hydrogens (tertiary/aromatic N) is 1. The van der Waals surface area contributed by atoms with Crippen molar-refractivity contribution < 1.29 is 8.42 Å². The quantitative estimate of drug-likeness (QED) is 0.824. The molecule has 2 atom stereocenters. The van der Waals surface area contributed by atoms with Crippen LogP contribution < -0.4 is 5.32 Å². The van der Waals surface area contributed by atoms with Gasteiger partial charge in [-0.3, -0.25) is 0 Å². The van der Waals surface area contributed by atoms with Gasteiger partial charge in [-0.1, -0.05) is 6.07 Å². The number of hydrogen-bond donors (Lipinski definition) is 1. The van der Waals surface area contributed by atoms with Gasteiger partial charge in [0.05, 0.1) is 11.8 Å². The van der Waals surface area contributed by atoms with Crippen molar-refractivity contribution in [3.05, 3.63) is 22.4 Å². The highest BCUT2D eigenvalue weighted by Gasteiger charge is 2.17. The van der Waals surface area contributed by atoms with E-state index in [1.807, 2.05) is 27.1 Å². The van der Waals surface area contributed by atoms with Gasteiger partial charge in [-0.15, -0.1) is 11.3 Å². The molecule has 0 saturated carbocycles. The van der Waals surface area contributed by atoms with Crippen molar-refractivity contribution in [2.45, 2.75) is 19.0 Å². The normalized spacial score (nSPS) is 15.8. The Hall–Kier alpha value is -0.430. The molecule has 4 nitrogen and oxygen atoms in total. The van der Waals surface area contributed by atoms with Crippen molar-refractivity contribution in [2.24, 2.45) is 0 Å². The fourth-order valence-corrected chi connectivity index (χ4v) is 3.79. The van der Waals surface area contributed by atoms with E-state index in [0.717, 1.165) is 6.54 Å². The Balaban J connectivity index is 2.54. The van der Waals surface area contributed by atoms with Gasteiger partial charge in [-0.2, -0.15) is 0 Å². The third kappa shape index (κ3) is 5.48. The number of rotatable bonds is 7. The molecule has 104 valence electrons. The van der Waals surface area contributed by atoms with Gasteiger partial charge in [0.15, 0.2) is 0 Å². The maximum absolute atomic E-state index is 11.2. The van der Waals surface area contributed by atoms with E-state index >= 15 is 0 Å². The molecule has 0 amide bonds. The van der Waals surface area contributed by atoms with E-state index in [9.17, 15) is 8.42 Å². The SMILES string of the molecule is CC(CS(C)(=O)=O)NCC(c1cccs1)N(C)C. The zero-order valence-corrected chi connectivity index (χ0v) is 13.0. The minimum absolute atomic E-state index is 0.0255. The van der Waals surface area contributed by atoms with Crippen LogP contribution in [0.1, 0.15) is 17.8 Å². The molecule has 6 heteroatoms. The molecule has 0 bridgehead atoms. The summed E-state index contributed by atoms with van der Waals surface area (Å²) in [5, 5.41) is 5.36. The van der Waals surface area contributed by atoms with Gasteiger partial charge < -0.3 is 10.2 Å². The van der Waals surface area contributed by atoms with Gasteiger partial charge >= 0.3 is 0 Å². The van der Waals surface area contributed by atoms with Gasteiger partial charge in [0.1, 0.15) is 9.84 Å². The van der Waals surface area contributed by atoms with Gasteiger partial charge in [0.25, 0.3) is 0 Å². The smallest absolute Gasteiger partial charge is 0.148 e. The van der Waals surface area contributed by atoms with Crippen LogP contribution in [0.25, 0.3) is 0 Å². The minimum Gasteiger partial charge on any atom is -0.311 e. The summed E-state index contributed by atoms with van der Waals surface area (Å²) in [6, 6.07) is 4.41. The monoisotopic (exact) mass is 290 g/mol. The molecule has 0 aliphatic carbocycles. The summed E-state index contributed by atoms with van der Waals surface area (Å²) in [6.07, 6.45) is 1.27. The van der Waals surface area contributed by atoms with Crippen molar-refractivity contribution >= 4 is 21.2 Å². The van der Waals surface area contributed by atoms with E-state index < -0.39 is 9.84 Å². The highest BCUT2D eigenvalue weighted by Crippen LogP contribution is 2.22. The summed E-state index contributed by atoms with van der Waals surface area (Å²) in [6.45, 7) is 2.66. The second kappa shape index (κ2) is 6.65. The molecule has 0 aromatic carbocycles. The lowest BCUT2D eigenvalue weighted by Crippen LogP contribution is -2.38. The minimum atomic E-state index is -2.92. The lowest BCUT2D eigenvalue weighted by Gasteiger charge is -2.25. The summed E-state index contributed by atoms with van der Waals surface area (Å²) >= 11 is 1.72.